The van der Waals surface area contributed by atoms with Gasteiger partial charge in [0.1, 0.15) is 17.3 Å². The van der Waals surface area contributed by atoms with Crippen molar-refractivity contribution in [2.24, 2.45) is 0 Å². The van der Waals surface area contributed by atoms with Gasteiger partial charge in [-0.1, -0.05) is 0 Å². The van der Waals surface area contributed by atoms with Crippen molar-refractivity contribution in [2.75, 3.05) is 18.8 Å². The fraction of sp³-hybridized carbons (Fsp3) is 0.250. The molecule has 1 aliphatic rings. The van der Waals surface area contributed by atoms with E-state index < -0.39 is 6.98 Å². The van der Waals surface area contributed by atoms with Gasteiger partial charge in [0.15, 0.2) is 0 Å². The second-order valence-electron chi connectivity index (χ2n) is 6.43. The summed E-state index contributed by atoms with van der Waals surface area (Å²) < 4.78 is 38.6. The number of hydrogen-bond acceptors (Lipinski definition) is 4. The standard InChI is InChI=1S/C20H20FN5O/c1-13(27)23-18-11-15(7-8-22-18)19-17-12-25(2)9-10-26(17)24-20(19)14-3-5-16(21)6-4-14/h3-8,11H,9-10,12H2,1-2H3,(H,22,23,27)/i2D3. The molecule has 3 aromatic rings. The average Bonchev–Trinajstić information content (AvgIpc) is 3.06. The number of pyridine rings is 1. The third-order valence-corrected chi connectivity index (χ3v) is 4.45. The van der Waals surface area contributed by atoms with Crippen LogP contribution in [0.5, 0.6) is 0 Å². The van der Waals surface area contributed by atoms with Gasteiger partial charge in [0.2, 0.25) is 5.91 Å². The number of carbonyl (C=O) groups excluding carboxylic acids is 1. The summed E-state index contributed by atoms with van der Waals surface area (Å²) in [6.07, 6.45) is 1.57. The minimum absolute atomic E-state index is 0.192. The molecule has 4 rings (SSSR count). The van der Waals surface area contributed by atoms with Crippen LogP contribution in [-0.4, -0.2) is 39.1 Å². The molecule has 0 unspecified atom stereocenters. The molecule has 27 heavy (non-hydrogen) atoms. The first kappa shape index (κ1) is 14.1. The number of anilines is 1. The van der Waals surface area contributed by atoms with Crippen molar-refractivity contribution < 1.29 is 13.3 Å². The minimum atomic E-state index is -2.22. The number of halogens is 1. The Kier molecular flexibility index (Phi) is 3.60. The Morgan fingerprint density at radius 3 is 2.78 bits per heavy atom. The Bertz CT molecular complexity index is 1090. The highest BCUT2D eigenvalue weighted by Crippen LogP contribution is 2.36. The lowest BCUT2D eigenvalue weighted by Gasteiger charge is -2.24. The van der Waals surface area contributed by atoms with E-state index in [1.807, 2.05) is 0 Å². The molecule has 1 amide bonds. The highest BCUT2D eigenvalue weighted by atomic mass is 19.1. The Balaban J connectivity index is 1.88. The summed E-state index contributed by atoms with van der Waals surface area (Å²) in [5.74, 6) is -0.216. The van der Waals surface area contributed by atoms with Gasteiger partial charge in [-0.05, 0) is 48.9 Å². The van der Waals surface area contributed by atoms with Crippen molar-refractivity contribution in [3.63, 3.8) is 0 Å². The van der Waals surface area contributed by atoms with Crippen molar-refractivity contribution in [3.05, 3.63) is 54.1 Å². The number of aromatic nitrogens is 3. The third-order valence-electron chi connectivity index (χ3n) is 4.45. The van der Waals surface area contributed by atoms with Crippen LogP contribution in [0.3, 0.4) is 0 Å². The molecule has 1 N–H and O–H groups in total. The van der Waals surface area contributed by atoms with E-state index in [-0.39, 0.29) is 18.3 Å². The average molecular weight is 368 g/mol. The van der Waals surface area contributed by atoms with Crippen LogP contribution in [0, 0.1) is 5.82 Å². The summed E-state index contributed by atoms with van der Waals surface area (Å²) in [7, 11) is 0. The van der Waals surface area contributed by atoms with Crippen molar-refractivity contribution in [1.82, 2.24) is 19.7 Å². The maximum atomic E-state index is 13.5. The molecule has 2 aromatic heterocycles. The molecule has 0 spiro atoms. The van der Waals surface area contributed by atoms with Gasteiger partial charge >= 0.3 is 0 Å². The van der Waals surface area contributed by atoms with E-state index in [1.165, 1.54) is 24.0 Å². The number of benzene rings is 1. The Morgan fingerprint density at radius 2 is 2.04 bits per heavy atom. The number of nitrogens with zero attached hydrogens (tertiary/aromatic N) is 4. The predicted molar refractivity (Wildman–Crippen MR) is 101 cm³/mol. The number of hydrogen-bond donors (Lipinski definition) is 1. The Labute approximate surface area is 160 Å². The molecule has 6 nitrogen and oxygen atoms in total. The second kappa shape index (κ2) is 6.92. The fourth-order valence-electron chi connectivity index (χ4n) is 3.27. The Morgan fingerprint density at radius 1 is 1.22 bits per heavy atom. The van der Waals surface area contributed by atoms with Crippen molar-refractivity contribution in [1.29, 1.82) is 0 Å². The number of carbonyl (C=O) groups is 1. The predicted octanol–water partition coefficient (Wildman–Crippen LogP) is 3.16. The maximum Gasteiger partial charge on any atom is 0.222 e. The number of amides is 1. The van der Waals surface area contributed by atoms with Crippen LogP contribution in [0.1, 0.15) is 16.7 Å². The normalized spacial score (nSPS) is 16.1. The van der Waals surface area contributed by atoms with Crippen LogP contribution >= 0.6 is 0 Å². The summed E-state index contributed by atoms with van der Waals surface area (Å²) in [5, 5.41) is 7.37. The number of fused-ring (bicyclic) bond motifs is 1. The van der Waals surface area contributed by atoms with E-state index in [9.17, 15) is 9.18 Å². The van der Waals surface area contributed by atoms with Crippen LogP contribution in [0.25, 0.3) is 22.4 Å². The summed E-state index contributed by atoms with van der Waals surface area (Å²) in [4.78, 5) is 17.0. The first-order valence-corrected chi connectivity index (χ1v) is 8.57. The molecule has 7 heteroatoms. The quantitative estimate of drug-likeness (QED) is 0.771. The van der Waals surface area contributed by atoms with Gasteiger partial charge in [-0.15, -0.1) is 0 Å². The summed E-state index contributed by atoms with van der Waals surface area (Å²) in [6, 6.07) is 9.52. The largest absolute Gasteiger partial charge is 0.311 e. The highest BCUT2D eigenvalue weighted by molar-refractivity contribution is 5.89. The molecule has 0 saturated heterocycles. The van der Waals surface area contributed by atoms with Gasteiger partial charge in [-0.2, -0.15) is 5.10 Å². The number of likely N-dealkylation sites (N-methyl/N-ethyl adjacent to an activating group) is 1. The van der Waals surface area contributed by atoms with Gasteiger partial charge in [-0.3, -0.25) is 14.4 Å². The van der Waals surface area contributed by atoms with E-state index >= 15 is 0 Å². The second-order valence-corrected chi connectivity index (χ2v) is 6.43. The fourth-order valence-corrected chi connectivity index (χ4v) is 3.27. The molecular weight excluding hydrogens is 345 g/mol. The molecule has 0 fully saturated rings. The van der Waals surface area contributed by atoms with Crippen LogP contribution in [0.2, 0.25) is 0 Å². The van der Waals surface area contributed by atoms with E-state index in [0.29, 0.717) is 30.2 Å². The summed E-state index contributed by atoms with van der Waals surface area (Å²) >= 11 is 0. The van der Waals surface area contributed by atoms with Crippen molar-refractivity contribution >= 4 is 11.7 Å². The van der Waals surface area contributed by atoms with E-state index in [2.05, 4.69) is 10.3 Å². The lowest BCUT2D eigenvalue weighted by atomic mass is 9.98. The molecule has 0 atom stereocenters. The molecule has 0 saturated carbocycles. The topological polar surface area (TPSA) is 63.1 Å². The van der Waals surface area contributed by atoms with Crippen LogP contribution in [-0.2, 0) is 17.9 Å². The lowest BCUT2D eigenvalue weighted by Crippen LogP contribution is -2.30. The summed E-state index contributed by atoms with van der Waals surface area (Å²) in [6.45, 7) is 0.140. The van der Waals surface area contributed by atoms with Gasteiger partial charge in [-0.25, -0.2) is 9.37 Å². The maximum absolute atomic E-state index is 13.5. The zero-order chi connectivity index (χ0) is 21.5. The van der Waals surface area contributed by atoms with Gasteiger partial charge in [0, 0.05) is 41.4 Å². The third kappa shape index (κ3) is 3.46. The monoisotopic (exact) mass is 368 g/mol. The van der Waals surface area contributed by atoms with Crippen molar-refractivity contribution in [2.45, 2.75) is 20.0 Å². The van der Waals surface area contributed by atoms with Crippen LogP contribution in [0.15, 0.2) is 42.6 Å². The minimum Gasteiger partial charge on any atom is -0.311 e. The summed E-state index contributed by atoms with van der Waals surface area (Å²) in [5.41, 5.74) is 3.56. The molecular formula is C20H20FN5O. The molecule has 1 aromatic carbocycles. The van der Waals surface area contributed by atoms with Crippen LogP contribution in [0.4, 0.5) is 10.2 Å². The molecule has 3 heterocycles. The van der Waals surface area contributed by atoms with Gasteiger partial charge in [0.25, 0.3) is 0 Å². The molecule has 0 radical (unpaired) electrons. The highest BCUT2D eigenvalue weighted by Gasteiger charge is 2.24. The number of rotatable bonds is 3. The molecule has 138 valence electrons. The Hall–Kier alpha value is -3.06. The zero-order valence-electron chi connectivity index (χ0n) is 17.7. The number of nitrogens with one attached hydrogen (secondary N) is 1. The van der Waals surface area contributed by atoms with E-state index in [0.717, 1.165) is 16.8 Å². The van der Waals surface area contributed by atoms with E-state index in [4.69, 9.17) is 9.21 Å². The van der Waals surface area contributed by atoms with Crippen LogP contribution < -0.4 is 5.32 Å². The molecule has 0 bridgehead atoms. The smallest absolute Gasteiger partial charge is 0.222 e. The SMILES string of the molecule is [2H]C([2H])([2H])N1CCn2nc(-c3ccc(F)cc3)c(-c3ccnc(NC(C)=O)c3)c2C1. The first-order chi connectivity index (χ1) is 14.2. The molecule has 1 aliphatic heterocycles. The molecule has 0 aliphatic carbocycles. The zero-order valence-corrected chi connectivity index (χ0v) is 14.7. The van der Waals surface area contributed by atoms with E-state index in [1.54, 1.807) is 35.1 Å². The first-order valence-electron chi connectivity index (χ1n) is 10.1. The van der Waals surface area contributed by atoms with Crippen molar-refractivity contribution in [3.8, 4) is 22.4 Å². The lowest BCUT2D eigenvalue weighted by molar-refractivity contribution is -0.114. The van der Waals surface area contributed by atoms with Gasteiger partial charge in [0.05, 0.1) is 12.2 Å². The van der Waals surface area contributed by atoms with Gasteiger partial charge < -0.3 is 5.32 Å².